The first kappa shape index (κ1) is 24.3. The van der Waals surface area contributed by atoms with Gasteiger partial charge in [0.05, 0.1) is 37.7 Å². The number of hydrogen-bond acceptors (Lipinski definition) is 3. The van der Waals surface area contributed by atoms with E-state index in [1.54, 1.807) is 48.5 Å². The average Bonchev–Trinajstić information content (AvgIpc) is 2.72. The van der Waals surface area contributed by atoms with Crippen LogP contribution < -0.4 is 5.11 Å². The molecule has 27 heavy (non-hydrogen) atoms. The maximum Gasteiger partial charge on any atom is 0.335 e. The van der Waals surface area contributed by atoms with Gasteiger partial charge >= 0.3 is 5.97 Å². The average molecular weight is 373 g/mol. The van der Waals surface area contributed by atoms with Gasteiger partial charge in [-0.25, -0.2) is 4.79 Å². The van der Waals surface area contributed by atoms with Crippen molar-refractivity contribution in [3.8, 4) is 0 Å². The van der Waals surface area contributed by atoms with E-state index in [1.807, 2.05) is 0 Å². The molecule has 5 nitrogen and oxygen atoms in total. The van der Waals surface area contributed by atoms with Gasteiger partial charge in [0.1, 0.15) is 0 Å². The SMILES string of the molecule is CC[N+](CC)(CC)CC.O=C(O)c1ccccc1.O=C([O-])c1ccccc1. The van der Waals surface area contributed by atoms with Crippen molar-refractivity contribution >= 4 is 11.9 Å². The van der Waals surface area contributed by atoms with Crippen LogP contribution in [-0.2, 0) is 0 Å². The number of carbonyl (C=O) groups is 2. The molecule has 2 rings (SSSR count). The van der Waals surface area contributed by atoms with E-state index >= 15 is 0 Å². The van der Waals surface area contributed by atoms with Gasteiger partial charge in [-0.05, 0) is 45.4 Å². The molecule has 0 bridgehead atoms. The molecule has 0 saturated heterocycles. The van der Waals surface area contributed by atoms with E-state index in [2.05, 4.69) is 27.7 Å². The lowest BCUT2D eigenvalue weighted by atomic mass is 10.2. The van der Waals surface area contributed by atoms with Crippen molar-refractivity contribution in [2.45, 2.75) is 27.7 Å². The van der Waals surface area contributed by atoms with E-state index in [9.17, 15) is 14.7 Å². The monoisotopic (exact) mass is 373 g/mol. The van der Waals surface area contributed by atoms with Crippen LogP contribution in [0.15, 0.2) is 60.7 Å². The van der Waals surface area contributed by atoms with Crippen LogP contribution in [0, 0.1) is 0 Å². The number of carboxylic acid groups (broad SMARTS) is 2. The molecule has 0 radical (unpaired) electrons. The van der Waals surface area contributed by atoms with Crippen molar-refractivity contribution in [1.82, 2.24) is 0 Å². The molecule has 148 valence electrons. The summed E-state index contributed by atoms with van der Waals surface area (Å²) in [6.45, 7) is 14.2. The van der Waals surface area contributed by atoms with E-state index in [4.69, 9.17) is 5.11 Å². The van der Waals surface area contributed by atoms with Crippen LogP contribution in [-0.4, -0.2) is 47.7 Å². The fraction of sp³-hybridized carbons (Fsp3) is 0.364. The third-order valence-corrected chi connectivity index (χ3v) is 4.71. The maximum absolute atomic E-state index is 10.2. The third kappa shape index (κ3) is 9.56. The smallest absolute Gasteiger partial charge is 0.335 e. The Morgan fingerprint density at radius 1 is 0.741 bits per heavy atom. The van der Waals surface area contributed by atoms with Crippen molar-refractivity contribution in [1.29, 1.82) is 0 Å². The summed E-state index contributed by atoms with van der Waals surface area (Å²) in [6.07, 6.45) is 0. The van der Waals surface area contributed by atoms with Gasteiger partial charge in [-0.1, -0.05) is 48.5 Å². The first-order valence-electron chi connectivity index (χ1n) is 9.25. The summed E-state index contributed by atoms with van der Waals surface area (Å²) >= 11 is 0. The second kappa shape index (κ2) is 13.5. The molecule has 2 aromatic rings. The molecular weight excluding hydrogens is 342 g/mol. The topological polar surface area (TPSA) is 77.4 Å². The van der Waals surface area contributed by atoms with E-state index in [0.29, 0.717) is 5.56 Å². The molecule has 2 aromatic carbocycles. The van der Waals surface area contributed by atoms with E-state index in [1.165, 1.54) is 42.8 Å². The number of carbonyl (C=O) groups excluding carboxylic acids is 1. The zero-order chi connectivity index (χ0) is 20.7. The van der Waals surface area contributed by atoms with Crippen LogP contribution >= 0.6 is 0 Å². The first-order chi connectivity index (χ1) is 12.9. The van der Waals surface area contributed by atoms with Crippen LogP contribution in [0.4, 0.5) is 0 Å². The Hall–Kier alpha value is -2.66. The molecule has 0 aromatic heterocycles. The minimum Gasteiger partial charge on any atom is -0.545 e. The molecule has 1 N–H and O–H groups in total. The fourth-order valence-corrected chi connectivity index (χ4v) is 2.50. The van der Waals surface area contributed by atoms with Crippen LogP contribution in [0.25, 0.3) is 0 Å². The minimum atomic E-state index is -1.13. The number of carboxylic acids is 2. The molecule has 0 spiro atoms. The highest BCUT2D eigenvalue weighted by Crippen LogP contribution is 2.03. The van der Waals surface area contributed by atoms with Crippen molar-refractivity contribution in [3.63, 3.8) is 0 Å². The standard InChI is InChI=1S/C8H20N.2C7H6O2/c1-5-9(6-2,7-3)8-4;2*8-7(9)6-4-2-1-3-5-6/h5-8H2,1-4H3;2*1-5H,(H,8,9)/q+1;;/p-1. The van der Waals surface area contributed by atoms with E-state index < -0.39 is 11.9 Å². The number of aromatic carboxylic acids is 2. The highest BCUT2D eigenvalue weighted by Gasteiger charge is 2.16. The van der Waals surface area contributed by atoms with Gasteiger partial charge in [0.2, 0.25) is 0 Å². The Kier molecular flexibility index (Phi) is 12.2. The number of quaternary nitrogens is 1. The highest BCUT2D eigenvalue weighted by atomic mass is 16.4. The summed E-state index contributed by atoms with van der Waals surface area (Å²) in [5, 5.41) is 18.5. The van der Waals surface area contributed by atoms with Crippen molar-refractivity contribution in [2.24, 2.45) is 0 Å². The summed E-state index contributed by atoms with van der Waals surface area (Å²) in [4.78, 5) is 20.3. The maximum atomic E-state index is 10.2. The van der Waals surface area contributed by atoms with E-state index in [0.717, 1.165) is 0 Å². The van der Waals surface area contributed by atoms with Crippen molar-refractivity contribution in [3.05, 3.63) is 71.8 Å². The van der Waals surface area contributed by atoms with Gasteiger partial charge in [0.25, 0.3) is 0 Å². The lowest BCUT2D eigenvalue weighted by Gasteiger charge is -2.34. The molecule has 0 amide bonds. The Morgan fingerprint density at radius 3 is 1.22 bits per heavy atom. The van der Waals surface area contributed by atoms with E-state index in [-0.39, 0.29) is 5.56 Å². The zero-order valence-corrected chi connectivity index (χ0v) is 16.7. The van der Waals surface area contributed by atoms with Gasteiger partial charge in [0, 0.05) is 0 Å². The lowest BCUT2D eigenvalue weighted by Crippen LogP contribution is -2.47. The Labute approximate surface area is 162 Å². The highest BCUT2D eigenvalue weighted by molar-refractivity contribution is 5.87. The largest absolute Gasteiger partial charge is 0.545 e. The summed E-state index contributed by atoms with van der Waals surface area (Å²) in [5.41, 5.74) is 0.551. The molecule has 0 atom stereocenters. The summed E-state index contributed by atoms with van der Waals surface area (Å²) in [5.74, 6) is -2.01. The molecule has 0 aliphatic carbocycles. The number of nitrogens with zero attached hydrogens (tertiary/aromatic N) is 1. The molecule has 0 heterocycles. The Balaban J connectivity index is 0.000000376. The van der Waals surface area contributed by atoms with Crippen LogP contribution in [0.1, 0.15) is 48.4 Å². The van der Waals surface area contributed by atoms with Gasteiger partial charge in [-0.15, -0.1) is 0 Å². The Bertz CT molecular complexity index is 586. The Morgan fingerprint density at radius 2 is 1.07 bits per heavy atom. The van der Waals surface area contributed by atoms with Crippen LogP contribution in [0.2, 0.25) is 0 Å². The van der Waals surface area contributed by atoms with Crippen LogP contribution in [0.3, 0.4) is 0 Å². The summed E-state index contributed by atoms with van der Waals surface area (Å²) < 4.78 is 1.28. The van der Waals surface area contributed by atoms with Gasteiger partial charge in [-0.2, -0.15) is 0 Å². The summed E-state index contributed by atoms with van der Waals surface area (Å²) in [7, 11) is 0. The number of benzene rings is 2. The number of hydrogen-bond donors (Lipinski definition) is 1. The molecular formula is C22H31NO4. The molecule has 5 heteroatoms. The molecule has 0 aliphatic rings. The lowest BCUT2D eigenvalue weighted by molar-refractivity contribution is -0.921. The zero-order valence-electron chi connectivity index (χ0n) is 16.7. The fourth-order valence-electron chi connectivity index (χ4n) is 2.50. The van der Waals surface area contributed by atoms with Gasteiger partial charge < -0.3 is 19.5 Å². The van der Waals surface area contributed by atoms with Crippen molar-refractivity contribution in [2.75, 3.05) is 26.2 Å². The van der Waals surface area contributed by atoms with Crippen molar-refractivity contribution < 1.29 is 24.3 Å². The predicted octanol–water partition coefficient (Wildman–Crippen LogP) is 3.32. The minimum absolute atomic E-state index is 0.220. The van der Waals surface area contributed by atoms with Crippen LogP contribution in [0.5, 0.6) is 0 Å². The second-order valence-electron chi connectivity index (χ2n) is 5.93. The molecule has 0 aliphatic heterocycles. The quantitative estimate of drug-likeness (QED) is 0.788. The molecule has 0 fully saturated rings. The first-order valence-corrected chi connectivity index (χ1v) is 9.25. The third-order valence-electron chi connectivity index (χ3n) is 4.71. The van der Waals surface area contributed by atoms with Gasteiger partial charge in [0.15, 0.2) is 0 Å². The molecule has 0 unspecified atom stereocenters. The number of rotatable bonds is 6. The summed E-state index contributed by atoms with van der Waals surface area (Å²) in [6, 6.07) is 16.4. The molecule has 0 saturated carbocycles. The second-order valence-corrected chi connectivity index (χ2v) is 5.93. The van der Waals surface area contributed by atoms with Gasteiger partial charge in [-0.3, -0.25) is 0 Å². The predicted molar refractivity (Wildman–Crippen MR) is 107 cm³/mol. The normalized spacial score (nSPS) is 9.93.